The van der Waals surface area contributed by atoms with E-state index < -0.39 is 21.7 Å². The van der Waals surface area contributed by atoms with Crippen LogP contribution in [0.5, 0.6) is 0 Å². The van der Waals surface area contributed by atoms with E-state index in [9.17, 15) is 17.6 Å². The molecule has 3 N–H and O–H groups in total. The van der Waals surface area contributed by atoms with Crippen LogP contribution in [-0.2, 0) is 10.0 Å². The van der Waals surface area contributed by atoms with Crippen LogP contribution in [0.15, 0.2) is 23.1 Å². The number of primary sulfonamides is 1. The number of hydrogen-bond donors (Lipinski definition) is 2. The maximum atomic E-state index is 13.7. The minimum absolute atomic E-state index is 0.283. The Morgan fingerprint density at radius 3 is 2.87 bits per heavy atom. The molecule has 0 radical (unpaired) electrons. The fraction of sp³-hybridized carbons (Fsp3) is 0.533. The van der Waals surface area contributed by atoms with E-state index in [2.05, 4.69) is 17.1 Å². The van der Waals surface area contributed by atoms with E-state index in [0.717, 1.165) is 37.7 Å². The van der Waals surface area contributed by atoms with Gasteiger partial charge in [-0.1, -0.05) is 6.92 Å². The smallest absolute Gasteiger partial charge is 0.254 e. The lowest BCUT2D eigenvalue weighted by Gasteiger charge is -2.30. The summed E-state index contributed by atoms with van der Waals surface area (Å²) in [5, 5.41) is 7.62. The van der Waals surface area contributed by atoms with Gasteiger partial charge in [-0.3, -0.25) is 4.79 Å². The van der Waals surface area contributed by atoms with Crippen LogP contribution in [-0.4, -0.2) is 45.4 Å². The zero-order chi connectivity index (χ0) is 17.0. The Balaban J connectivity index is 1.95. The van der Waals surface area contributed by atoms with Crippen LogP contribution in [0.1, 0.15) is 30.1 Å². The predicted molar refractivity (Wildman–Crippen MR) is 84.9 cm³/mol. The number of carbonyl (C=O) groups is 1. The molecule has 1 aliphatic heterocycles. The van der Waals surface area contributed by atoms with E-state index in [1.54, 1.807) is 0 Å². The van der Waals surface area contributed by atoms with Crippen molar-refractivity contribution in [3.63, 3.8) is 0 Å². The van der Waals surface area contributed by atoms with Gasteiger partial charge in [-0.15, -0.1) is 0 Å². The lowest BCUT2D eigenvalue weighted by atomic mass is 10.0. The van der Waals surface area contributed by atoms with Crippen molar-refractivity contribution in [3.05, 3.63) is 29.6 Å². The number of nitrogens with one attached hydrogen (secondary N) is 1. The van der Waals surface area contributed by atoms with Crippen molar-refractivity contribution in [2.75, 3.05) is 26.2 Å². The zero-order valence-electron chi connectivity index (χ0n) is 13.1. The van der Waals surface area contributed by atoms with E-state index in [0.29, 0.717) is 19.0 Å². The number of piperidine rings is 1. The van der Waals surface area contributed by atoms with Crippen molar-refractivity contribution in [3.8, 4) is 0 Å². The quantitative estimate of drug-likeness (QED) is 0.832. The Morgan fingerprint density at radius 2 is 2.22 bits per heavy atom. The predicted octanol–water partition coefficient (Wildman–Crippen LogP) is 0.935. The SMILES string of the molecule is CC1CCCN(CCNC(=O)c2cc(S(N)(=O)=O)ccc2F)C1. The van der Waals surface area contributed by atoms with Gasteiger partial charge >= 0.3 is 0 Å². The molecule has 0 saturated carbocycles. The number of rotatable bonds is 5. The maximum absolute atomic E-state index is 13.7. The number of amides is 1. The van der Waals surface area contributed by atoms with Gasteiger partial charge in [0.25, 0.3) is 5.91 Å². The normalized spacial score (nSPS) is 19.5. The molecule has 1 saturated heterocycles. The molecule has 1 fully saturated rings. The number of nitrogens with zero attached hydrogens (tertiary/aromatic N) is 1. The van der Waals surface area contributed by atoms with Gasteiger partial charge in [-0.25, -0.2) is 17.9 Å². The van der Waals surface area contributed by atoms with Crippen LogP contribution < -0.4 is 10.5 Å². The van der Waals surface area contributed by atoms with Crippen molar-refractivity contribution < 1.29 is 17.6 Å². The van der Waals surface area contributed by atoms with E-state index in [-0.39, 0.29) is 10.5 Å². The van der Waals surface area contributed by atoms with E-state index >= 15 is 0 Å². The van der Waals surface area contributed by atoms with Crippen molar-refractivity contribution in [2.24, 2.45) is 11.1 Å². The standard InChI is InChI=1S/C15H22FN3O3S/c1-11-3-2-7-19(10-11)8-6-18-15(20)13-9-12(23(17,21)22)4-5-14(13)16/h4-5,9,11H,2-3,6-8,10H2,1H3,(H,18,20)(H2,17,21,22). The van der Waals surface area contributed by atoms with Crippen molar-refractivity contribution in [1.82, 2.24) is 10.2 Å². The summed E-state index contributed by atoms with van der Waals surface area (Å²) in [7, 11) is -3.97. The number of carbonyl (C=O) groups excluding carboxylic acids is 1. The van der Waals surface area contributed by atoms with Gasteiger partial charge in [-0.2, -0.15) is 0 Å². The van der Waals surface area contributed by atoms with Gasteiger partial charge in [0.15, 0.2) is 0 Å². The highest BCUT2D eigenvalue weighted by Crippen LogP contribution is 2.15. The molecule has 1 aromatic carbocycles. The largest absolute Gasteiger partial charge is 0.351 e. The summed E-state index contributed by atoms with van der Waals surface area (Å²) in [6.45, 7) is 5.25. The number of nitrogens with two attached hydrogens (primary N) is 1. The van der Waals surface area contributed by atoms with Crippen LogP contribution in [0.3, 0.4) is 0 Å². The molecular weight excluding hydrogens is 321 g/mol. The second-order valence-electron chi connectivity index (χ2n) is 5.99. The Bertz CT molecular complexity index is 679. The molecule has 0 aromatic heterocycles. The molecule has 1 atom stereocenters. The minimum atomic E-state index is -3.97. The molecule has 6 nitrogen and oxygen atoms in total. The summed E-state index contributed by atoms with van der Waals surface area (Å²) in [6.07, 6.45) is 2.36. The molecule has 1 heterocycles. The lowest BCUT2D eigenvalue weighted by Crippen LogP contribution is -2.40. The summed E-state index contributed by atoms with van der Waals surface area (Å²) < 4.78 is 36.3. The molecular formula is C15H22FN3O3S. The molecule has 1 aliphatic rings. The van der Waals surface area contributed by atoms with Gasteiger partial charge in [-0.05, 0) is 43.5 Å². The number of hydrogen-bond acceptors (Lipinski definition) is 4. The molecule has 0 aliphatic carbocycles. The highest BCUT2D eigenvalue weighted by atomic mass is 32.2. The first-order chi connectivity index (χ1) is 10.8. The highest BCUT2D eigenvalue weighted by molar-refractivity contribution is 7.89. The number of likely N-dealkylation sites (tertiary alicyclic amines) is 1. The Labute approximate surface area is 135 Å². The van der Waals surface area contributed by atoms with Crippen molar-refractivity contribution in [1.29, 1.82) is 0 Å². The summed E-state index contributed by atoms with van der Waals surface area (Å²) in [5.41, 5.74) is -0.316. The van der Waals surface area contributed by atoms with E-state index in [4.69, 9.17) is 5.14 Å². The second kappa shape index (κ2) is 7.37. The topological polar surface area (TPSA) is 92.5 Å². The molecule has 0 spiro atoms. The average molecular weight is 343 g/mol. The van der Waals surface area contributed by atoms with Gasteiger partial charge < -0.3 is 10.2 Å². The summed E-state index contributed by atoms with van der Waals surface area (Å²) >= 11 is 0. The molecule has 2 rings (SSSR count). The second-order valence-corrected chi connectivity index (χ2v) is 7.55. The molecule has 1 unspecified atom stereocenters. The van der Waals surface area contributed by atoms with Crippen LogP contribution >= 0.6 is 0 Å². The van der Waals surface area contributed by atoms with Gasteiger partial charge in [0.2, 0.25) is 10.0 Å². The Hall–Kier alpha value is -1.51. The van der Waals surface area contributed by atoms with Gasteiger partial charge in [0.05, 0.1) is 10.5 Å². The first-order valence-corrected chi connectivity index (χ1v) is 9.15. The monoisotopic (exact) mass is 343 g/mol. The summed E-state index contributed by atoms with van der Waals surface area (Å²) in [6, 6.07) is 2.93. The van der Waals surface area contributed by atoms with Crippen LogP contribution in [0.2, 0.25) is 0 Å². The third-order valence-electron chi connectivity index (χ3n) is 3.97. The molecule has 128 valence electrons. The Kier molecular flexibility index (Phi) is 5.72. The molecule has 0 bridgehead atoms. The van der Waals surface area contributed by atoms with Crippen molar-refractivity contribution in [2.45, 2.75) is 24.7 Å². The van der Waals surface area contributed by atoms with Crippen molar-refractivity contribution >= 4 is 15.9 Å². The molecule has 8 heteroatoms. The molecule has 1 aromatic rings. The summed E-state index contributed by atoms with van der Waals surface area (Å²) in [5.74, 6) is -0.775. The third kappa shape index (κ3) is 4.98. The lowest BCUT2D eigenvalue weighted by molar-refractivity contribution is 0.0939. The minimum Gasteiger partial charge on any atom is -0.351 e. The van der Waals surface area contributed by atoms with Gasteiger partial charge in [0, 0.05) is 19.6 Å². The fourth-order valence-electron chi connectivity index (χ4n) is 2.77. The maximum Gasteiger partial charge on any atom is 0.254 e. The van der Waals surface area contributed by atoms with E-state index in [1.165, 1.54) is 6.42 Å². The number of sulfonamides is 1. The molecule has 1 amide bonds. The highest BCUT2D eigenvalue weighted by Gasteiger charge is 2.18. The average Bonchev–Trinajstić information content (AvgIpc) is 2.46. The van der Waals surface area contributed by atoms with Gasteiger partial charge in [0.1, 0.15) is 5.82 Å². The third-order valence-corrected chi connectivity index (χ3v) is 4.88. The van der Waals surface area contributed by atoms with E-state index in [1.807, 2.05) is 0 Å². The fourth-order valence-corrected chi connectivity index (χ4v) is 3.31. The first kappa shape index (κ1) is 17.8. The van der Waals surface area contributed by atoms with Crippen LogP contribution in [0.4, 0.5) is 4.39 Å². The first-order valence-electron chi connectivity index (χ1n) is 7.60. The summed E-state index contributed by atoms with van der Waals surface area (Å²) in [4.78, 5) is 14.0. The van der Waals surface area contributed by atoms with Crippen LogP contribution in [0, 0.1) is 11.7 Å². The Morgan fingerprint density at radius 1 is 1.48 bits per heavy atom. The number of benzene rings is 1. The molecule has 23 heavy (non-hydrogen) atoms. The number of halogens is 1. The zero-order valence-corrected chi connectivity index (χ0v) is 13.9. The van der Waals surface area contributed by atoms with Crippen LogP contribution in [0.25, 0.3) is 0 Å².